The van der Waals surface area contributed by atoms with E-state index in [1.54, 1.807) is 0 Å². The van der Waals surface area contributed by atoms with Crippen LogP contribution in [0.25, 0.3) is 0 Å². The summed E-state index contributed by atoms with van der Waals surface area (Å²) >= 11 is 0. The van der Waals surface area contributed by atoms with Gasteiger partial charge in [0.05, 0.1) is 0 Å². The fraction of sp³-hybridized carbons (Fsp3) is 0.591. The van der Waals surface area contributed by atoms with Gasteiger partial charge in [0.15, 0.2) is 0 Å². The monoisotopic (exact) mass is 647 g/mol. The lowest BCUT2D eigenvalue weighted by atomic mass is 9.78. The number of nitrogens with two attached hydrogens (primary N) is 1. The zero-order chi connectivity index (χ0) is 36.5. The fourth-order valence-corrected chi connectivity index (χ4v) is 5.25. The van der Waals surface area contributed by atoms with Crippen LogP contribution in [-0.2, 0) is 23.7 Å². The van der Waals surface area contributed by atoms with Crippen molar-refractivity contribution in [2.75, 3.05) is 11.1 Å². The zero-order valence-corrected chi connectivity index (χ0v) is 33.4. The molecule has 0 spiro atoms. The predicted octanol–water partition coefficient (Wildman–Crippen LogP) is 13.5. The molecule has 1 unspecified atom stereocenters. The van der Waals surface area contributed by atoms with E-state index in [2.05, 4.69) is 139 Å². The van der Waals surface area contributed by atoms with Gasteiger partial charge in [-0.3, -0.25) is 0 Å². The highest BCUT2D eigenvalue weighted by Crippen LogP contribution is 2.40. The average molecular weight is 647 g/mol. The van der Waals surface area contributed by atoms with Crippen LogP contribution in [0.15, 0.2) is 60.7 Å². The molecule has 3 nitrogen and oxygen atoms in total. The second-order valence-electron chi connectivity index (χ2n) is 16.6. The van der Waals surface area contributed by atoms with Gasteiger partial charge >= 0.3 is 0 Å². The first-order valence-electron chi connectivity index (χ1n) is 18.3. The maximum Gasteiger partial charge on any atom is 0.123 e. The first-order chi connectivity index (χ1) is 21.7. The van der Waals surface area contributed by atoms with Crippen LogP contribution in [-0.4, -0.2) is 5.11 Å². The molecule has 0 radical (unpaired) electrons. The van der Waals surface area contributed by atoms with Gasteiger partial charge in [0.2, 0.25) is 0 Å². The van der Waals surface area contributed by atoms with E-state index in [4.69, 9.17) is 5.73 Å². The average Bonchev–Trinajstić information content (AvgIpc) is 2.94. The molecule has 0 saturated heterocycles. The molecule has 0 aliphatic rings. The Morgan fingerprint density at radius 3 is 1.40 bits per heavy atom. The molecule has 0 saturated carbocycles. The van der Waals surface area contributed by atoms with E-state index in [-0.39, 0.29) is 10.8 Å². The van der Waals surface area contributed by atoms with Crippen molar-refractivity contribution in [2.45, 2.75) is 147 Å². The largest absolute Gasteiger partial charge is 0.507 e. The molecule has 47 heavy (non-hydrogen) atoms. The van der Waals surface area contributed by atoms with Gasteiger partial charge in [0.1, 0.15) is 5.75 Å². The van der Waals surface area contributed by atoms with Crippen LogP contribution in [0.4, 0.5) is 17.1 Å². The summed E-state index contributed by atoms with van der Waals surface area (Å²) in [6.07, 6.45) is 4.73. The van der Waals surface area contributed by atoms with Gasteiger partial charge in [-0.1, -0.05) is 135 Å². The number of anilines is 3. The van der Waals surface area contributed by atoms with Crippen LogP contribution in [0, 0.1) is 23.7 Å². The normalized spacial score (nSPS) is 12.0. The second kappa shape index (κ2) is 21.1. The minimum absolute atomic E-state index is 0.0381. The minimum atomic E-state index is -0.0381. The van der Waals surface area contributed by atoms with Crippen LogP contribution in [0.5, 0.6) is 5.75 Å². The predicted molar refractivity (Wildman–Crippen MR) is 213 cm³/mol. The maximum absolute atomic E-state index is 10.8. The van der Waals surface area contributed by atoms with E-state index in [0.717, 1.165) is 58.8 Å². The SMILES string of the molecule is CC.CC(C)C.CC(C)CC(C)CCc1cc(C(C)(C)C)c(O)c(C(C)(C)C)c1.CC(C)Cc1ccc(Nc2ccc(N)cc2)cc1. The molecule has 3 rings (SSSR count). The van der Waals surface area contributed by atoms with E-state index < -0.39 is 0 Å². The molecule has 266 valence electrons. The molecule has 3 aromatic rings. The molecule has 0 bridgehead atoms. The van der Waals surface area contributed by atoms with Crippen molar-refractivity contribution in [3.63, 3.8) is 0 Å². The molecule has 3 heteroatoms. The lowest BCUT2D eigenvalue weighted by Gasteiger charge is -2.28. The van der Waals surface area contributed by atoms with Crippen LogP contribution < -0.4 is 11.1 Å². The molecular formula is C44H74N2O. The van der Waals surface area contributed by atoms with Crippen molar-refractivity contribution < 1.29 is 5.11 Å². The van der Waals surface area contributed by atoms with Gasteiger partial charge < -0.3 is 16.2 Å². The van der Waals surface area contributed by atoms with Gasteiger partial charge in [-0.2, -0.15) is 0 Å². The third kappa shape index (κ3) is 18.8. The van der Waals surface area contributed by atoms with Crippen molar-refractivity contribution in [1.82, 2.24) is 0 Å². The summed E-state index contributed by atoms with van der Waals surface area (Å²) in [5, 5.41) is 14.1. The number of aromatic hydroxyl groups is 1. The van der Waals surface area contributed by atoms with E-state index in [1.807, 2.05) is 38.1 Å². The maximum atomic E-state index is 10.8. The number of benzene rings is 3. The Kier molecular flexibility index (Phi) is 19.8. The molecule has 0 aliphatic carbocycles. The standard InChI is InChI=1S/C22H38O.C16H20N2.C4H10.C2H6/c1-15(2)12-16(3)10-11-17-13-18(21(4,5)6)20(23)19(14-17)22(7,8)9;1-12(2)11-13-3-7-15(8-4-13)18-16-9-5-14(17)6-10-16;1-4(2)3;1-2/h13-16,23H,10-12H2,1-9H3;3-10,12,18H,11,17H2,1-2H3;4H,1-3H3;1-2H3. The molecule has 4 N–H and O–H groups in total. The first kappa shape index (κ1) is 44.1. The molecule has 3 aromatic carbocycles. The number of phenolic OH excluding ortho intramolecular Hbond substituents is 1. The summed E-state index contributed by atoms with van der Waals surface area (Å²) < 4.78 is 0. The number of phenols is 1. The summed E-state index contributed by atoms with van der Waals surface area (Å²) in [4.78, 5) is 0. The van der Waals surface area contributed by atoms with Crippen LogP contribution in [0.1, 0.15) is 146 Å². The number of rotatable bonds is 9. The Balaban J connectivity index is 0.000000785. The smallest absolute Gasteiger partial charge is 0.123 e. The van der Waals surface area contributed by atoms with E-state index >= 15 is 0 Å². The topological polar surface area (TPSA) is 58.3 Å². The third-order valence-electron chi connectivity index (χ3n) is 7.38. The van der Waals surface area contributed by atoms with Gasteiger partial charge in [-0.05, 0) is 119 Å². The van der Waals surface area contributed by atoms with E-state index in [9.17, 15) is 5.11 Å². The summed E-state index contributed by atoms with van der Waals surface area (Å²) in [6, 6.07) is 20.8. The summed E-state index contributed by atoms with van der Waals surface area (Å²) in [5.41, 5.74) is 13.4. The van der Waals surface area contributed by atoms with Crippen LogP contribution >= 0.6 is 0 Å². The Bertz CT molecular complexity index is 1200. The highest BCUT2D eigenvalue weighted by Gasteiger charge is 2.26. The molecule has 1 atom stereocenters. The highest BCUT2D eigenvalue weighted by atomic mass is 16.3. The van der Waals surface area contributed by atoms with Crippen LogP contribution in [0.3, 0.4) is 0 Å². The van der Waals surface area contributed by atoms with Crippen molar-refractivity contribution in [3.8, 4) is 5.75 Å². The third-order valence-corrected chi connectivity index (χ3v) is 7.38. The molecule has 0 fully saturated rings. The summed E-state index contributed by atoms with van der Waals surface area (Å²) in [6.45, 7) is 35.0. The lowest BCUT2D eigenvalue weighted by molar-refractivity contribution is 0.412. The Morgan fingerprint density at radius 2 is 1.04 bits per heavy atom. The fourth-order valence-electron chi connectivity index (χ4n) is 5.25. The van der Waals surface area contributed by atoms with Crippen LogP contribution in [0.2, 0.25) is 0 Å². The number of nitrogen functional groups attached to an aromatic ring is 1. The van der Waals surface area contributed by atoms with Gasteiger partial charge in [-0.25, -0.2) is 0 Å². The molecule has 0 aliphatic heterocycles. The Labute approximate surface area is 292 Å². The lowest BCUT2D eigenvalue weighted by Crippen LogP contribution is -2.18. The van der Waals surface area contributed by atoms with Crippen molar-refractivity contribution in [1.29, 1.82) is 0 Å². The molecule has 0 aromatic heterocycles. The minimum Gasteiger partial charge on any atom is -0.507 e. The Hall–Kier alpha value is -2.94. The zero-order valence-electron chi connectivity index (χ0n) is 33.4. The second-order valence-corrected chi connectivity index (χ2v) is 16.6. The van der Waals surface area contributed by atoms with E-state index in [0.29, 0.717) is 11.7 Å². The first-order valence-corrected chi connectivity index (χ1v) is 18.3. The highest BCUT2D eigenvalue weighted by molar-refractivity contribution is 5.62. The van der Waals surface area contributed by atoms with Gasteiger partial charge in [0.25, 0.3) is 0 Å². The Morgan fingerprint density at radius 1 is 0.638 bits per heavy atom. The van der Waals surface area contributed by atoms with Gasteiger partial charge in [0, 0.05) is 17.1 Å². The molecule has 0 heterocycles. The van der Waals surface area contributed by atoms with Crippen molar-refractivity contribution >= 4 is 17.1 Å². The van der Waals surface area contributed by atoms with Crippen molar-refractivity contribution in [3.05, 3.63) is 82.9 Å². The van der Waals surface area contributed by atoms with E-state index in [1.165, 1.54) is 24.0 Å². The van der Waals surface area contributed by atoms with Crippen molar-refractivity contribution in [2.24, 2.45) is 23.7 Å². The summed E-state index contributed by atoms with van der Waals surface area (Å²) in [7, 11) is 0. The molecule has 0 amide bonds. The number of hydrogen-bond acceptors (Lipinski definition) is 3. The summed E-state index contributed by atoms with van der Waals surface area (Å²) in [5.74, 6) is 3.53. The quantitative estimate of drug-likeness (QED) is 0.203. The number of aryl methyl sites for hydroxylation is 1. The number of nitrogens with one attached hydrogen (secondary N) is 1. The van der Waals surface area contributed by atoms with Gasteiger partial charge in [-0.15, -0.1) is 0 Å². The number of hydrogen-bond donors (Lipinski definition) is 3. The molecular weight excluding hydrogens is 572 g/mol.